The van der Waals surface area contributed by atoms with E-state index in [4.69, 9.17) is 0 Å². The maximum absolute atomic E-state index is 12.0. The molecular weight excluding hydrogens is 252 g/mol. The van der Waals surface area contributed by atoms with Crippen LogP contribution in [0.3, 0.4) is 0 Å². The minimum absolute atomic E-state index is 0.194. The number of hydrogen-bond donors (Lipinski definition) is 2. The Morgan fingerprint density at radius 1 is 1.61 bits per heavy atom. The van der Waals surface area contributed by atoms with Crippen molar-refractivity contribution in [1.82, 2.24) is 19.8 Å². The topological polar surface area (TPSA) is 78.1 Å². The molecule has 1 fully saturated rings. The van der Waals surface area contributed by atoms with Crippen molar-refractivity contribution in [2.75, 3.05) is 13.6 Å². The minimum atomic E-state index is -3.45. The second-order valence-electron chi connectivity index (χ2n) is 4.96. The first-order valence-corrected chi connectivity index (χ1v) is 7.61. The van der Waals surface area contributed by atoms with Crippen LogP contribution in [0.5, 0.6) is 0 Å². The quantitative estimate of drug-likeness (QED) is 0.789. The van der Waals surface area contributed by atoms with Crippen molar-refractivity contribution in [2.45, 2.75) is 43.7 Å². The van der Waals surface area contributed by atoms with Gasteiger partial charge in [-0.3, -0.25) is 10.00 Å². The standard InChI is InChI=1S/C11H20N4O2S/c1-8(15(3)10-4-5-10)6-13-18(16,17)11-7-12-14-9(11)2/h7-8,10,13H,4-6H2,1-3H3,(H,12,14). The number of hydrogen-bond acceptors (Lipinski definition) is 4. The Hall–Kier alpha value is -0.920. The van der Waals surface area contributed by atoms with Gasteiger partial charge in [0.15, 0.2) is 0 Å². The molecule has 2 N–H and O–H groups in total. The number of H-pyrrole nitrogens is 1. The van der Waals surface area contributed by atoms with Gasteiger partial charge in [0.25, 0.3) is 0 Å². The van der Waals surface area contributed by atoms with E-state index in [1.54, 1.807) is 6.92 Å². The number of nitrogens with one attached hydrogen (secondary N) is 2. The predicted molar refractivity (Wildman–Crippen MR) is 68.8 cm³/mol. The van der Waals surface area contributed by atoms with Crippen LogP contribution >= 0.6 is 0 Å². The fraction of sp³-hybridized carbons (Fsp3) is 0.727. The molecule has 2 rings (SSSR count). The van der Waals surface area contributed by atoms with Crippen molar-refractivity contribution in [3.63, 3.8) is 0 Å². The highest BCUT2D eigenvalue weighted by atomic mass is 32.2. The van der Waals surface area contributed by atoms with Crippen molar-refractivity contribution >= 4 is 10.0 Å². The van der Waals surface area contributed by atoms with Crippen LogP contribution in [0.15, 0.2) is 11.1 Å². The maximum Gasteiger partial charge on any atom is 0.244 e. The van der Waals surface area contributed by atoms with Gasteiger partial charge in [0.1, 0.15) is 4.90 Å². The summed E-state index contributed by atoms with van der Waals surface area (Å²) in [6.45, 7) is 4.14. The number of sulfonamides is 1. The van der Waals surface area contributed by atoms with Crippen molar-refractivity contribution in [3.05, 3.63) is 11.9 Å². The Kier molecular flexibility index (Phi) is 3.74. The average Bonchev–Trinajstić information content (AvgIpc) is 3.07. The second-order valence-corrected chi connectivity index (χ2v) is 6.69. The van der Waals surface area contributed by atoms with Gasteiger partial charge in [0.05, 0.1) is 11.9 Å². The lowest BCUT2D eigenvalue weighted by atomic mass is 10.3. The van der Waals surface area contributed by atoms with Crippen molar-refractivity contribution in [1.29, 1.82) is 0 Å². The lowest BCUT2D eigenvalue weighted by Gasteiger charge is -2.24. The SMILES string of the molecule is Cc1[nH]ncc1S(=O)(=O)NCC(C)N(C)C1CC1. The average molecular weight is 272 g/mol. The summed E-state index contributed by atoms with van der Waals surface area (Å²) in [5.41, 5.74) is 0.561. The van der Waals surface area contributed by atoms with E-state index in [0.717, 1.165) is 0 Å². The molecule has 7 heteroatoms. The van der Waals surface area contributed by atoms with Gasteiger partial charge >= 0.3 is 0 Å². The molecule has 0 spiro atoms. The highest BCUT2D eigenvalue weighted by Crippen LogP contribution is 2.26. The van der Waals surface area contributed by atoms with Gasteiger partial charge in [-0.05, 0) is 33.7 Å². The van der Waals surface area contributed by atoms with Crippen LogP contribution in [0.4, 0.5) is 0 Å². The summed E-state index contributed by atoms with van der Waals surface area (Å²) in [5.74, 6) is 0. The fourth-order valence-electron chi connectivity index (χ4n) is 1.90. The van der Waals surface area contributed by atoms with Crippen LogP contribution in [0.1, 0.15) is 25.5 Å². The molecule has 0 aromatic carbocycles. The van der Waals surface area contributed by atoms with Gasteiger partial charge in [-0.1, -0.05) is 0 Å². The van der Waals surface area contributed by atoms with Gasteiger partial charge in [-0.2, -0.15) is 5.10 Å². The van der Waals surface area contributed by atoms with Gasteiger partial charge in [-0.15, -0.1) is 0 Å². The lowest BCUT2D eigenvalue weighted by Crippen LogP contribution is -2.41. The summed E-state index contributed by atoms with van der Waals surface area (Å²) in [6, 6.07) is 0.819. The van der Waals surface area contributed by atoms with E-state index in [2.05, 4.69) is 19.8 Å². The molecule has 1 unspecified atom stereocenters. The molecule has 1 aromatic rings. The zero-order valence-corrected chi connectivity index (χ0v) is 11.8. The molecule has 1 saturated carbocycles. The van der Waals surface area contributed by atoms with E-state index < -0.39 is 10.0 Å². The zero-order valence-electron chi connectivity index (χ0n) is 11.0. The second kappa shape index (κ2) is 4.99. The van der Waals surface area contributed by atoms with Crippen LogP contribution in [0.2, 0.25) is 0 Å². The molecule has 1 aliphatic carbocycles. The molecular formula is C11H20N4O2S. The number of aryl methyl sites for hydroxylation is 1. The number of likely N-dealkylation sites (N-methyl/N-ethyl adjacent to an activating group) is 1. The third-order valence-corrected chi connectivity index (χ3v) is 5.00. The first-order valence-electron chi connectivity index (χ1n) is 6.13. The largest absolute Gasteiger partial charge is 0.299 e. The third-order valence-electron chi connectivity index (χ3n) is 3.46. The zero-order chi connectivity index (χ0) is 13.3. The summed E-state index contributed by atoms with van der Waals surface area (Å²) < 4.78 is 26.7. The van der Waals surface area contributed by atoms with Crippen molar-refractivity contribution in [3.8, 4) is 0 Å². The van der Waals surface area contributed by atoms with E-state index in [0.29, 0.717) is 18.3 Å². The Balaban J connectivity index is 1.95. The molecule has 1 aromatic heterocycles. The van der Waals surface area contributed by atoms with E-state index in [-0.39, 0.29) is 10.9 Å². The number of nitrogens with zero attached hydrogens (tertiary/aromatic N) is 2. The molecule has 1 aliphatic rings. The first-order chi connectivity index (χ1) is 8.42. The van der Waals surface area contributed by atoms with Crippen molar-refractivity contribution < 1.29 is 8.42 Å². The molecule has 0 bridgehead atoms. The Labute approximate surface area is 108 Å². The number of aromatic nitrogens is 2. The molecule has 6 nitrogen and oxygen atoms in total. The van der Waals surface area contributed by atoms with E-state index in [9.17, 15) is 8.42 Å². The summed E-state index contributed by atoms with van der Waals surface area (Å²) in [4.78, 5) is 2.45. The molecule has 0 saturated heterocycles. The van der Waals surface area contributed by atoms with Crippen LogP contribution in [-0.2, 0) is 10.0 Å². The van der Waals surface area contributed by atoms with Gasteiger partial charge < -0.3 is 0 Å². The maximum atomic E-state index is 12.0. The predicted octanol–water partition coefficient (Wildman–Crippen LogP) is 0.479. The monoisotopic (exact) mass is 272 g/mol. The summed E-state index contributed by atoms with van der Waals surface area (Å²) in [5, 5.41) is 6.37. The van der Waals surface area contributed by atoms with Gasteiger partial charge in [0.2, 0.25) is 10.0 Å². The smallest absolute Gasteiger partial charge is 0.244 e. The molecule has 18 heavy (non-hydrogen) atoms. The normalized spacial score (nSPS) is 18.2. The van der Waals surface area contributed by atoms with E-state index in [1.807, 2.05) is 14.0 Å². The number of rotatable bonds is 6. The Bertz CT molecular complexity index is 507. The first kappa shape index (κ1) is 13.5. The summed E-state index contributed by atoms with van der Waals surface area (Å²) in [7, 11) is -1.41. The molecule has 1 atom stereocenters. The Morgan fingerprint density at radius 3 is 2.78 bits per heavy atom. The van der Waals surface area contributed by atoms with Crippen LogP contribution < -0.4 is 4.72 Å². The summed E-state index contributed by atoms with van der Waals surface area (Å²) in [6.07, 6.45) is 3.77. The molecule has 0 radical (unpaired) electrons. The highest BCUT2D eigenvalue weighted by Gasteiger charge is 2.29. The Morgan fingerprint density at radius 2 is 2.28 bits per heavy atom. The third kappa shape index (κ3) is 2.90. The van der Waals surface area contributed by atoms with Crippen LogP contribution in [-0.4, -0.2) is 49.2 Å². The van der Waals surface area contributed by atoms with Crippen LogP contribution in [0, 0.1) is 6.92 Å². The fourth-order valence-corrected chi connectivity index (χ4v) is 3.16. The lowest BCUT2D eigenvalue weighted by molar-refractivity contribution is 0.248. The number of aromatic amines is 1. The van der Waals surface area contributed by atoms with E-state index >= 15 is 0 Å². The van der Waals surface area contributed by atoms with Gasteiger partial charge in [-0.25, -0.2) is 13.1 Å². The van der Waals surface area contributed by atoms with E-state index in [1.165, 1.54) is 19.0 Å². The molecule has 102 valence electrons. The highest BCUT2D eigenvalue weighted by molar-refractivity contribution is 7.89. The summed E-state index contributed by atoms with van der Waals surface area (Å²) >= 11 is 0. The molecule has 1 heterocycles. The van der Waals surface area contributed by atoms with Crippen LogP contribution in [0.25, 0.3) is 0 Å². The molecule has 0 amide bonds. The van der Waals surface area contributed by atoms with Crippen molar-refractivity contribution in [2.24, 2.45) is 0 Å². The minimum Gasteiger partial charge on any atom is -0.299 e. The van der Waals surface area contributed by atoms with Gasteiger partial charge in [0, 0.05) is 18.6 Å². The molecule has 0 aliphatic heterocycles.